The SMILES string of the molecule is CCCCCNc1nc(Nc2cc(Cl)ccc2C)nc(N2CCN(CCN(C)C)CC2)n1.Cl. The normalized spacial score (nSPS) is 14.3. The molecule has 0 aliphatic carbocycles. The molecule has 2 aromatic rings. The predicted molar refractivity (Wildman–Crippen MR) is 142 cm³/mol. The van der Waals surface area contributed by atoms with Crippen LogP contribution in [0.15, 0.2) is 18.2 Å². The lowest BCUT2D eigenvalue weighted by atomic mass is 10.2. The van der Waals surface area contributed by atoms with Crippen LogP contribution in [0.2, 0.25) is 5.02 Å². The second-order valence-corrected chi connectivity index (χ2v) is 9.07. The molecule has 2 N–H and O–H groups in total. The Morgan fingerprint density at radius 2 is 1.76 bits per heavy atom. The number of unbranched alkanes of at least 4 members (excludes halogenated alkanes) is 2. The minimum atomic E-state index is 0. The van der Waals surface area contributed by atoms with Gasteiger partial charge in [-0.3, -0.25) is 4.90 Å². The third kappa shape index (κ3) is 8.77. The van der Waals surface area contributed by atoms with Gasteiger partial charge in [0.1, 0.15) is 0 Å². The number of aromatic nitrogens is 3. The van der Waals surface area contributed by atoms with Crippen LogP contribution in [0.3, 0.4) is 0 Å². The van der Waals surface area contributed by atoms with Crippen LogP contribution in [-0.4, -0.2) is 84.7 Å². The van der Waals surface area contributed by atoms with Gasteiger partial charge in [0.05, 0.1) is 0 Å². The lowest BCUT2D eigenvalue weighted by molar-refractivity contribution is 0.228. The summed E-state index contributed by atoms with van der Waals surface area (Å²) in [6.45, 7) is 11.1. The van der Waals surface area contributed by atoms with Crippen molar-refractivity contribution in [3.8, 4) is 0 Å². The highest BCUT2D eigenvalue weighted by Gasteiger charge is 2.20. The van der Waals surface area contributed by atoms with E-state index in [0.29, 0.717) is 22.9 Å². The van der Waals surface area contributed by atoms with Gasteiger partial charge in [0, 0.05) is 56.5 Å². The molecule has 8 nitrogen and oxygen atoms in total. The van der Waals surface area contributed by atoms with E-state index >= 15 is 0 Å². The zero-order valence-corrected chi connectivity index (χ0v) is 21.8. The van der Waals surface area contributed by atoms with Gasteiger partial charge in [-0.1, -0.05) is 37.4 Å². The van der Waals surface area contributed by atoms with E-state index in [-0.39, 0.29) is 12.4 Å². The van der Waals surface area contributed by atoms with Crippen molar-refractivity contribution in [2.45, 2.75) is 33.1 Å². The van der Waals surface area contributed by atoms with Crippen LogP contribution in [0.5, 0.6) is 0 Å². The third-order valence-corrected chi connectivity index (χ3v) is 5.89. The molecule has 33 heavy (non-hydrogen) atoms. The molecule has 2 heterocycles. The van der Waals surface area contributed by atoms with Crippen molar-refractivity contribution in [2.24, 2.45) is 0 Å². The minimum absolute atomic E-state index is 0. The number of aryl methyl sites for hydroxylation is 1. The number of benzene rings is 1. The van der Waals surface area contributed by atoms with Gasteiger partial charge in [0.2, 0.25) is 17.8 Å². The largest absolute Gasteiger partial charge is 0.354 e. The first-order valence-corrected chi connectivity index (χ1v) is 12.0. The molecule has 184 valence electrons. The molecule has 0 spiro atoms. The van der Waals surface area contributed by atoms with Crippen molar-refractivity contribution in [3.63, 3.8) is 0 Å². The van der Waals surface area contributed by atoms with Gasteiger partial charge < -0.3 is 20.4 Å². The lowest BCUT2D eigenvalue weighted by Gasteiger charge is -2.35. The predicted octanol–water partition coefficient (Wildman–Crippen LogP) is 4.28. The second kappa shape index (κ2) is 13.7. The quantitative estimate of drug-likeness (QED) is 0.446. The monoisotopic (exact) mass is 496 g/mol. The molecule has 0 saturated carbocycles. The van der Waals surface area contributed by atoms with E-state index in [4.69, 9.17) is 21.6 Å². The maximum Gasteiger partial charge on any atom is 0.233 e. The number of hydrogen-bond acceptors (Lipinski definition) is 8. The second-order valence-electron chi connectivity index (χ2n) is 8.63. The standard InChI is InChI=1S/C23H37ClN8.ClH/c1-5-6-7-10-25-21-27-22(26-20-17-19(24)9-8-18(20)2)29-23(28-21)32-15-13-31(14-16-32)12-11-30(3)4;/h8-9,17H,5-7,10-16H2,1-4H3,(H2,25,26,27,28,29);1H. The molecule has 1 saturated heterocycles. The topological polar surface area (TPSA) is 72.5 Å². The first-order chi connectivity index (χ1) is 15.4. The third-order valence-electron chi connectivity index (χ3n) is 5.65. The first kappa shape index (κ1) is 27.4. The summed E-state index contributed by atoms with van der Waals surface area (Å²) in [5.74, 6) is 1.86. The molecule has 1 aliphatic rings. The Labute approximate surface area is 209 Å². The fourth-order valence-electron chi connectivity index (χ4n) is 3.58. The molecule has 3 rings (SSSR count). The number of piperazine rings is 1. The molecular formula is C23H38Cl2N8. The number of rotatable bonds is 11. The van der Waals surface area contributed by atoms with E-state index < -0.39 is 0 Å². The molecule has 0 amide bonds. The molecule has 1 fully saturated rings. The van der Waals surface area contributed by atoms with E-state index in [0.717, 1.165) is 63.5 Å². The molecule has 0 radical (unpaired) electrons. The van der Waals surface area contributed by atoms with Crippen LogP contribution in [0.25, 0.3) is 0 Å². The van der Waals surface area contributed by atoms with Crippen molar-refractivity contribution in [3.05, 3.63) is 28.8 Å². The summed E-state index contributed by atoms with van der Waals surface area (Å²) in [6.07, 6.45) is 3.47. The van der Waals surface area contributed by atoms with Crippen molar-refractivity contribution < 1.29 is 0 Å². The highest BCUT2D eigenvalue weighted by atomic mass is 35.5. The van der Waals surface area contributed by atoms with Gasteiger partial charge in [-0.05, 0) is 45.1 Å². The van der Waals surface area contributed by atoms with Crippen molar-refractivity contribution >= 4 is 47.5 Å². The lowest BCUT2D eigenvalue weighted by Crippen LogP contribution is -2.48. The van der Waals surface area contributed by atoms with Crippen LogP contribution in [-0.2, 0) is 0 Å². The highest BCUT2D eigenvalue weighted by molar-refractivity contribution is 6.30. The molecule has 1 aliphatic heterocycles. The van der Waals surface area contributed by atoms with Crippen LogP contribution in [0.4, 0.5) is 23.5 Å². The Bertz CT molecular complexity index is 856. The summed E-state index contributed by atoms with van der Waals surface area (Å²) in [5.41, 5.74) is 1.99. The summed E-state index contributed by atoms with van der Waals surface area (Å²) in [5, 5.41) is 7.41. The number of halogens is 2. The minimum Gasteiger partial charge on any atom is -0.354 e. The fraction of sp³-hybridized carbons (Fsp3) is 0.609. The van der Waals surface area contributed by atoms with Crippen molar-refractivity contribution in [2.75, 3.05) is 75.4 Å². The van der Waals surface area contributed by atoms with Crippen LogP contribution < -0.4 is 15.5 Å². The summed E-state index contributed by atoms with van der Waals surface area (Å²) < 4.78 is 0. The fourth-order valence-corrected chi connectivity index (χ4v) is 3.75. The summed E-state index contributed by atoms with van der Waals surface area (Å²) in [7, 11) is 4.23. The smallest absolute Gasteiger partial charge is 0.233 e. The van der Waals surface area contributed by atoms with Crippen LogP contribution >= 0.6 is 24.0 Å². The van der Waals surface area contributed by atoms with Gasteiger partial charge in [-0.15, -0.1) is 12.4 Å². The Balaban J connectivity index is 0.00000385. The van der Waals surface area contributed by atoms with Gasteiger partial charge >= 0.3 is 0 Å². The Morgan fingerprint density at radius 3 is 2.45 bits per heavy atom. The number of hydrogen-bond donors (Lipinski definition) is 2. The first-order valence-electron chi connectivity index (χ1n) is 11.6. The van der Waals surface area contributed by atoms with E-state index in [2.05, 4.69) is 51.3 Å². The summed E-state index contributed by atoms with van der Waals surface area (Å²) in [4.78, 5) is 21.1. The van der Waals surface area contributed by atoms with Gasteiger partial charge in [-0.2, -0.15) is 15.0 Å². The highest BCUT2D eigenvalue weighted by Crippen LogP contribution is 2.24. The van der Waals surface area contributed by atoms with E-state index in [1.54, 1.807) is 0 Å². The van der Waals surface area contributed by atoms with E-state index in [9.17, 15) is 0 Å². The van der Waals surface area contributed by atoms with Crippen molar-refractivity contribution in [1.82, 2.24) is 24.8 Å². The molecule has 0 unspecified atom stereocenters. The van der Waals surface area contributed by atoms with E-state index in [1.807, 2.05) is 25.1 Å². The average molecular weight is 498 g/mol. The maximum atomic E-state index is 6.20. The Morgan fingerprint density at radius 1 is 1.03 bits per heavy atom. The molecular weight excluding hydrogens is 459 g/mol. The summed E-state index contributed by atoms with van der Waals surface area (Å²) in [6, 6.07) is 5.78. The van der Waals surface area contributed by atoms with Crippen LogP contribution in [0, 0.1) is 6.92 Å². The van der Waals surface area contributed by atoms with Crippen molar-refractivity contribution in [1.29, 1.82) is 0 Å². The number of nitrogens with one attached hydrogen (secondary N) is 2. The Hall–Kier alpha value is -1.87. The Kier molecular flexibility index (Phi) is 11.4. The summed E-state index contributed by atoms with van der Waals surface area (Å²) >= 11 is 6.20. The maximum absolute atomic E-state index is 6.20. The average Bonchev–Trinajstić information content (AvgIpc) is 2.78. The van der Waals surface area contributed by atoms with E-state index in [1.165, 1.54) is 12.8 Å². The zero-order chi connectivity index (χ0) is 22.9. The van der Waals surface area contributed by atoms with Crippen LogP contribution in [0.1, 0.15) is 31.7 Å². The molecule has 1 aromatic heterocycles. The number of nitrogens with zero attached hydrogens (tertiary/aromatic N) is 6. The number of anilines is 4. The van der Waals surface area contributed by atoms with Gasteiger partial charge in [-0.25, -0.2) is 0 Å². The molecule has 0 bridgehead atoms. The molecule has 1 aromatic carbocycles. The van der Waals surface area contributed by atoms with Gasteiger partial charge in [0.15, 0.2) is 0 Å². The van der Waals surface area contributed by atoms with Gasteiger partial charge in [0.25, 0.3) is 0 Å². The zero-order valence-electron chi connectivity index (χ0n) is 20.3. The number of likely N-dealkylation sites (N-methyl/N-ethyl adjacent to an activating group) is 1. The molecule has 10 heteroatoms. The molecule has 0 atom stereocenters.